The van der Waals surface area contributed by atoms with Crippen LogP contribution in [0.3, 0.4) is 0 Å². The predicted octanol–water partition coefficient (Wildman–Crippen LogP) is 2.38. The maximum Gasteiger partial charge on any atom is 0.508 e. The minimum atomic E-state index is -0.477. The van der Waals surface area contributed by atoms with Gasteiger partial charge in [-0.1, -0.05) is 15.9 Å². The fourth-order valence-corrected chi connectivity index (χ4v) is 1.14. The molecule has 0 N–H and O–H groups in total. The molecular formula is C6H3BrFOS+. The minimum absolute atomic E-state index is 0.128. The Labute approximate surface area is 69.9 Å². The first-order chi connectivity index (χ1) is 4.74. The second-order valence-corrected chi connectivity index (χ2v) is 3.18. The van der Waals surface area contributed by atoms with Gasteiger partial charge in [-0.05, 0) is 12.1 Å². The third-order valence-corrected chi connectivity index (χ3v) is 1.99. The molecule has 0 bridgehead atoms. The van der Waals surface area contributed by atoms with Crippen LogP contribution in [0.1, 0.15) is 0 Å². The molecule has 0 aromatic heterocycles. The van der Waals surface area contributed by atoms with Crippen LogP contribution in [0.4, 0.5) is 4.39 Å². The van der Waals surface area contributed by atoms with Gasteiger partial charge in [0.15, 0.2) is 5.82 Å². The van der Waals surface area contributed by atoms with Crippen molar-refractivity contribution in [1.29, 1.82) is 0 Å². The zero-order chi connectivity index (χ0) is 7.56. The van der Waals surface area contributed by atoms with Gasteiger partial charge in [-0.15, -0.1) is 0 Å². The van der Waals surface area contributed by atoms with Crippen LogP contribution < -0.4 is 0 Å². The molecule has 52 valence electrons. The highest BCUT2D eigenvalue weighted by Gasteiger charge is 2.13. The zero-order valence-electron chi connectivity index (χ0n) is 4.80. The summed E-state index contributed by atoms with van der Waals surface area (Å²) in [5, 5.41) is 0. The number of rotatable bonds is 1. The predicted molar refractivity (Wildman–Crippen MR) is 40.4 cm³/mol. The minimum Gasteiger partial charge on any atom is -0.201 e. The summed E-state index contributed by atoms with van der Waals surface area (Å²) >= 11 is 3.23. The summed E-state index contributed by atoms with van der Waals surface area (Å²) in [7, 11) is 0. The van der Waals surface area contributed by atoms with E-state index in [0.29, 0.717) is 4.47 Å². The molecule has 10 heavy (non-hydrogen) atoms. The average Bonchev–Trinajstić information content (AvgIpc) is 1.88. The summed E-state index contributed by atoms with van der Waals surface area (Å²) in [5.41, 5.74) is 0. The molecule has 0 atom stereocenters. The normalized spacial score (nSPS) is 9.40. The van der Waals surface area contributed by atoms with E-state index in [1.54, 1.807) is 6.07 Å². The zero-order valence-corrected chi connectivity index (χ0v) is 7.21. The number of benzene rings is 1. The lowest BCUT2D eigenvalue weighted by Crippen LogP contribution is -1.80. The molecule has 0 aliphatic carbocycles. The molecule has 0 amide bonds. The number of hydrogen-bond donors (Lipinski definition) is 0. The van der Waals surface area contributed by atoms with E-state index in [0.717, 1.165) is 0 Å². The molecule has 0 radical (unpaired) electrons. The molecular weight excluding hydrogens is 219 g/mol. The van der Waals surface area contributed by atoms with E-state index in [4.69, 9.17) is 0 Å². The summed E-state index contributed by atoms with van der Waals surface area (Å²) in [5.74, 6) is -0.477. The van der Waals surface area contributed by atoms with Crippen molar-refractivity contribution in [2.75, 3.05) is 0 Å². The van der Waals surface area contributed by atoms with Crippen LogP contribution in [0, 0.1) is 5.82 Å². The first-order valence-corrected chi connectivity index (χ1v) is 4.02. The second-order valence-electron chi connectivity index (χ2n) is 1.66. The molecule has 0 fully saturated rings. The summed E-state index contributed by atoms with van der Waals surface area (Å²) in [4.78, 5) is 0.128. The van der Waals surface area contributed by atoms with Crippen molar-refractivity contribution >= 4 is 27.6 Å². The van der Waals surface area contributed by atoms with Crippen LogP contribution in [0.15, 0.2) is 27.6 Å². The Bertz CT molecular complexity index is 264. The van der Waals surface area contributed by atoms with Crippen molar-refractivity contribution in [3.8, 4) is 0 Å². The van der Waals surface area contributed by atoms with E-state index in [9.17, 15) is 8.60 Å². The van der Waals surface area contributed by atoms with Gasteiger partial charge >= 0.3 is 16.6 Å². The Kier molecular flexibility index (Phi) is 2.45. The van der Waals surface area contributed by atoms with Crippen LogP contribution in [0.5, 0.6) is 0 Å². The molecule has 0 heterocycles. The molecule has 0 saturated heterocycles. The lowest BCUT2D eigenvalue weighted by atomic mass is 10.3. The number of hydrogen-bond acceptors (Lipinski definition) is 1. The molecule has 0 unspecified atom stereocenters. The fourth-order valence-electron chi connectivity index (χ4n) is 0.543. The lowest BCUT2D eigenvalue weighted by molar-refractivity contribution is 0.582. The standard InChI is InChI=1S/C6H3BrFOS/c7-4-1-2-6(10-9)5(8)3-4/h1-3H/q+1. The van der Waals surface area contributed by atoms with E-state index in [-0.39, 0.29) is 16.6 Å². The van der Waals surface area contributed by atoms with E-state index >= 15 is 0 Å². The second kappa shape index (κ2) is 3.16. The van der Waals surface area contributed by atoms with Gasteiger partial charge < -0.3 is 0 Å². The largest absolute Gasteiger partial charge is 0.508 e. The highest BCUT2D eigenvalue weighted by Crippen LogP contribution is 2.14. The summed E-state index contributed by atoms with van der Waals surface area (Å²) in [6, 6.07) is 4.33. The Morgan fingerprint density at radius 1 is 1.50 bits per heavy atom. The molecule has 0 spiro atoms. The van der Waals surface area contributed by atoms with Crippen LogP contribution >= 0.6 is 15.9 Å². The first kappa shape index (κ1) is 7.75. The SMILES string of the molecule is O=[S+]c1ccc(Br)cc1F. The fraction of sp³-hybridized carbons (Fsp3) is 0. The summed E-state index contributed by atoms with van der Waals surface area (Å²) in [6.45, 7) is 0. The average molecular weight is 222 g/mol. The van der Waals surface area contributed by atoms with Gasteiger partial charge in [0.05, 0.1) is 0 Å². The molecule has 1 aromatic carbocycles. The maximum absolute atomic E-state index is 12.6. The third-order valence-electron chi connectivity index (χ3n) is 0.984. The van der Waals surface area contributed by atoms with Gasteiger partial charge in [0, 0.05) is 14.7 Å². The molecule has 1 aromatic rings. The quantitative estimate of drug-likeness (QED) is 0.666. The maximum atomic E-state index is 12.6. The van der Waals surface area contributed by atoms with E-state index in [2.05, 4.69) is 15.9 Å². The summed E-state index contributed by atoms with van der Waals surface area (Å²) in [6.07, 6.45) is 0. The Balaban J connectivity index is 3.19. The van der Waals surface area contributed by atoms with Crippen molar-refractivity contribution in [3.05, 3.63) is 28.5 Å². The van der Waals surface area contributed by atoms with Gasteiger partial charge in [0.25, 0.3) is 0 Å². The third kappa shape index (κ3) is 1.58. The lowest BCUT2D eigenvalue weighted by Gasteiger charge is -1.85. The Morgan fingerprint density at radius 2 is 2.20 bits per heavy atom. The Hall–Kier alpha value is -0.350. The highest BCUT2D eigenvalue weighted by atomic mass is 79.9. The molecule has 1 rings (SSSR count). The Morgan fingerprint density at radius 3 is 2.70 bits per heavy atom. The van der Waals surface area contributed by atoms with Crippen LogP contribution in [-0.2, 0) is 15.9 Å². The van der Waals surface area contributed by atoms with Crippen molar-refractivity contribution < 1.29 is 8.60 Å². The first-order valence-electron chi connectivity index (χ1n) is 2.49. The van der Waals surface area contributed by atoms with E-state index in [1.807, 2.05) is 0 Å². The van der Waals surface area contributed by atoms with Gasteiger partial charge in [-0.25, -0.2) is 4.39 Å². The molecule has 0 aliphatic heterocycles. The molecule has 0 saturated carbocycles. The van der Waals surface area contributed by atoms with Gasteiger partial charge in [-0.3, -0.25) is 0 Å². The topological polar surface area (TPSA) is 17.1 Å². The van der Waals surface area contributed by atoms with Gasteiger partial charge in [0.2, 0.25) is 0 Å². The van der Waals surface area contributed by atoms with Gasteiger partial charge in [0.1, 0.15) is 0 Å². The van der Waals surface area contributed by atoms with Crippen molar-refractivity contribution in [1.82, 2.24) is 0 Å². The highest BCUT2D eigenvalue weighted by molar-refractivity contribution is 9.10. The van der Waals surface area contributed by atoms with Gasteiger partial charge in [-0.2, -0.15) is 0 Å². The molecule has 4 heteroatoms. The van der Waals surface area contributed by atoms with Crippen LogP contribution in [0.25, 0.3) is 0 Å². The van der Waals surface area contributed by atoms with Crippen molar-refractivity contribution in [2.24, 2.45) is 0 Å². The van der Waals surface area contributed by atoms with E-state index in [1.165, 1.54) is 12.1 Å². The smallest absolute Gasteiger partial charge is 0.201 e. The molecule has 0 aliphatic rings. The monoisotopic (exact) mass is 221 g/mol. The van der Waals surface area contributed by atoms with E-state index < -0.39 is 5.82 Å². The van der Waals surface area contributed by atoms with Crippen molar-refractivity contribution in [3.63, 3.8) is 0 Å². The van der Waals surface area contributed by atoms with Crippen LogP contribution in [0.2, 0.25) is 0 Å². The van der Waals surface area contributed by atoms with Crippen LogP contribution in [-0.4, -0.2) is 0 Å². The number of halogens is 2. The van der Waals surface area contributed by atoms with Crippen molar-refractivity contribution in [2.45, 2.75) is 4.90 Å². The summed E-state index contributed by atoms with van der Waals surface area (Å²) < 4.78 is 23.4. The molecule has 1 nitrogen and oxygen atoms in total.